The number of thiazole rings is 1. The molecular formula is C13H19N5OS. The highest BCUT2D eigenvalue weighted by Gasteiger charge is 2.18. The van der Waals surface area contributed by atoms with Crippen molar-refractivity contribution in [2.75, 3.05) is 5.32 Å². The maximum Gasteiger partial charge on any atom is 0.228 e. The van der Waals surface area contributed by atoms with Crippen molar-refractivity contribution >= 4 is 22.4 Å². The van der Waals surface area contributed by atoms with Crippen molar-refractivity contribution in [3.8, 4) is 0 Å². The molecule has 7 heteroatoms. The number of hydrogen-bond donors (Lipinski definition) is 1. The van der Waals surface area contributed by atoms with Gasteiger partial charge < -0.3 is 5.32 Å². The van der Waals surface area contributed by atoms with E-state index in [1.54, 1.807) is 11.0 Å². The number of aromatic nitrogens is 4. The summed E-state index contributed by atoms with van der Waals surface area (Å²) in [5.41, 5.74) is 0.982. The molecule has 0 saturated heterocycles. The van der Waals surface area contributed by atoms with Crippen LogP contribution in [0.5, 0.6) is 0 Å². The lowest BCUT2D eigenvalue weighted by atomic mass is 9.93. The Kier molecular flexibility index (Phi) is 4.17. The van der Waals surface area contributed by atoms with Crippen LogP contribution >= 0.6 is 11.3 Å². The molecule has 0 fully saturated rings. The van der Waals surface area contributed by atoms with E-state index in [0.717, 1.165) is 5.69 Å². The summed E-state index contributed by atoms with van der Waals surface area (Å²) < 4.78 is 1.67. The zero-order valence-electron chi connectivity index (χ0n) is 12.1. The molecule has 1 atom stereocenters. The molecule has 0 aliphatic carbocycles. The predicted octanol–water partition coefficient (Wildman–Crippen LogP) is 2.62. The molecule has 2 aromatic heterocycles. The minimum Gasteiger partial charge on any atom is -0.302 e. The van der Waals surface area contributed by atoms with Crippen LogP contribution < -0.4 is 5.32 Å². The second kappa shape index (κ2) is 5.70. The Bertz CT molecular complexity index is 570. The lowest BCUT2D eigenvalue weighted by molar-refractivity contribution is -0.116. The lowest BCUT2D eigenvalue weighted by Crippen LogP contribution is -2.18. The second-order valence-corrected chi connectivity index (χ2v) is 6.62. The van der Waals surface area contributed by atoms with Gasteiger partial charge in [0.05, 0.1) is 11.7 Å². The highest BCUT2D eigenvalue weighted by Crippen LogP contribution is 2.26. The van der Waals surface area contributed by atoms with Crippen LogP contribution in [0.4, 0.5) is 5.13 Å². The van der Waals surface area contributed by atoms with Crippen molar-refractivity contribution in [1.29, 1.82) is 0 Å². The van der Waals surface area contributed by atoms with Crippen LogP contribution in [0.3, 0.4) is 0 Å². The van der Waals surface area contributed by atoms with Gasteiger partial charge in [0, 0.05) is 17.2 Å². The van der Waals surface area contributed by atoms with Crippen LogP contribution in [0.15, 0.2) is 18.0 Å². The van der Waals surface area contributed by atoms with Gasteiger partial charge in [-0.1, -0.05) is 20.8 Å². The first-order valence-electron chi connectivity index (χ1n) is 6.46. The summed E-state index contributed by atoms with van der Waals surface area (Å²) >= 11 is 1.45. The molecule has 2 heterocycles. The monoisotopic (exact) mass is 293 g/mol. The number of nitrogens with zero attached hydrogens (tertiary/aromatic N) is 4. The Morgan fingerprint density at radius 3 is 2.80 bits per heavy atom. The largest absolute Gasteiger partial charge is 0.302 e. The van der Waals surface area contributed by atoms with Gasteiger partial charge >= 0.3 is 0 Å². The Morgan fingerprint density at radius 1 is 1.50 bits per heavy atom. The number of anilines is 1. The molecule has 0 saturated carbocycles. The molecule has 2 aromatic rings. The topological polar surface area (TPSA) is 72.7 Å². The van der Waals surface area contributed by atoms with Gasteiger partial charge in [0.15, 0.2) is 5.13 Å². The van der Waals surface area contributed by atoms with E-state index in [-0.39, 0.29) is 17.4 Å². The first-order chi connectivity index (χ1) is 9.36. The van der Waals surface area contributed by atoms with Crippen LogP contribution in [0.25, 0.3) is 0 Å². The molecule has 0 radical (unpaired) electrons. The average molecular weight is 293 g/mol. The molecule has 0 aliphatic heterocycles. The Labute approximate surface area is 122 Å². The van der Waals surface area contributed by atoms with Crippen molar-refractivity contribution in [2.24, 2.45) is 0 Å². The minimum atomic E-state index is -0.0668. The molecule has 1 unspecified atom stereocenters. The van der Waals surface area contributed by atoms with Gasteiger partial charge in [-0.25, -0.2) is 14.6 Å². The van der Waals surface area contributed by atoms with Crippen molar-refractivity contribution in [3.05, 3.63) is 23.7 Å². The summed E-state index contributed by atoms with van der Waals surface area (Å²) in [5, 5.41) is 9.49. The molecule has 1 amide bonds. The van der Waals surface area contributed by atoms with Crippen LogP contribution in [-0.2, 0) is 10.2 Å². The summed E-state index contributed by atoms with van der Waals surface area (Å²) in [6, 6.07) is -0.0282. The lowest BCUT2D eigenvalue weighted by Gasteiger charge is -2.14. The fraction of sp³-hybridized carbons (Fsp3) is 0.538. The summed E-state index contributed by atoms with van der Waals surface area (Å²) in [6.45, 7) is 8.22. The predicted molar refractivity (Wildman–Crippen MR) is 78.8 cm³/mol. The molecule has 0 aliphatic rings. The normalized spacial score (nSPS) is 13.2. The van der Waals surface area contributed by atoms with Gasteiger partial charge in [0.1, 0.15) is 12.7 Å². The third kappa shape index (κ3) is 3.63. The quantitative estimate of drug-likeness (QED) is 0.940. The molecule has 1 N–H and O–H groups in total. The fourth-order valence-electron chi connectivity index (χ4n) is 1.65. The van der Waals surface area contributed by atoms with E-state index in [4.69, 9.17) is 0 Å². The summed E-state index contributed by atoms with van der Waals surface area (Å²) in [7, 11) is 0. The summed E-state index contributed by atoms with van der Waals surface area (Å²) in [6.07, 6.45) is 3.41. The number of carbonyl (C=O) groups is 1. The van der Waals surface area contributed by atoms with E-state index in [1.807, 2.05) is 12.3 Å². The van der Waals surface area contributed by atoms with Crippen LogP contribution in [-0.4, -0.2) is 25.7 Å². The Hall–Kier alpha value is -1.76. The summed E-state index contributed by atoms with van der Waals surface area (Å²) in [4.78, 5) is 20.3. The molecule has 0 spiro atoms. The highest BCUT2D eigenvalue weighted by molar-refractivity contribution is 7.13. The van der Waals surface area contributed by atoms with Gasteiger partial charge in [0.25, 0.3) is 0 Å². The standard InChI is InChI=1S/C13H19N5OS/c1-9(18-8-14-7-15-18)5-11(19)17-12-16-10(6-20-12)13(2,3)4/h6-9H,5H2,1-4H3,(H,16,17,19). The number of rotatable bonds is 4. The Balaban J connectivity index is 1.93. The van der Waals surface area contributed by atoms with E-state index in [2.05, 4.69) is 41.2 Å². The van der Waals surface area contributed by atoms with E-state index in [1.165, 1.54) is 17.7 Å². The van der Waals surface area contributed by atoms with Crippen LogP contribution in [0, 0.1) is 0 Å². The fourth-order valence-corrected chi connectivity index (χ4v) is 2.61. The van der Waals surface area contributed by atoms with Crippen molar-refractivity contribution < 1.29 is 4.79 Å². The maximum absolute atomic E-state index is 12.0. The average Bonchev–Trinajstić information content (AvgIpc) is 2.97. The Morgan fingerprint density at radius 2 is 2.25 bits per heavy atom. The maximum atomic E-state index is 12.0. The molecule has 20 heavy (non-hydrogen) atoms. The molecule has 6 nitrogen and oxygen atoms in total. The van der Waals surface area contributed by atoms with Crippen molar-refractivity contribution in [2.45, 2.75) is 45.6 Å². The third-order valence-electron chi connectivity index (χ3n) is 2.89. The highest BCUT2D eigenvalue weighted by atomic mass is 32.1. The van der Waals surface area contributed by atoms with Crippen molar-refractivity contribution in [3.63, 3.8) is 0 Å². The number of amides is 1. The van der Waals surface area contributed by atoms with E-state index in [9.17, 15) is 4.79 Å². The summed E-state index contributed by atoms with van der Waals surface area (Å²) in [5.74, 6) is -0.0668. The molecular weight excluding hydrogens is 274 g/mol. The van der Waals surface area contributed by atoms with Gasteiger partial charge in [-0.2, -0.15) is 5.10 Å². The number of hydrogen-bond acceptors (Lipinski definition) is 5. The molecule has 0 aromatic carbocycles. The minimum absolute atomic E-state index is 0.00645. The zero-order chi connectivity index (χ0) is 14.8. The van der Waals surface area contributed by atoms with E-state index < -0.39 is 0 Å². The van der Waals surface area contributed by atoms with Gasteiger partial charge in [-0.3, -0.25) is 4.79 Å². The zero-order valence-corrected chi connectivity index (χ0v) is 12.9. The molecule has 2 rings (SSSR count). The third-order valence-corrected chi connectivity index (χ3v) is 3.65. The SMILES string of the molecule is CC(CC(=O)Nc1nc(C(C)(C)C)cs1)n1cncn1. The van der Waals surface area contributed by atoms with Crippen LogP contribution in [0.2, 0.25) is 0 Å². The van der Waals surface area contributed by atoms with Gasteiger partial charge in [-0.15, -0.1) is 11.3 Å². The van der Waals surface area contributed by atoms with Gasteiger partial charge in [0.2, 0.25) is 5.91 Å². The van der Waals surface area contributed by atoms with Gasteiger partial charge in [-0.05, 0) is 6.92 Å². The van der Waals surface area contributed by atoms with Crippen LogP contribution in [0.1, 0.15) is 45.9 Å². The molecule has 0 bridgehead atoms. The second-order valence-electron chi connectivity index (χ2n) is 5.76. The van der Waals surface area contributed by atoms with E-state index in [0.29, 0.717) is 11.6 Å². The number of nitrogens with one attached hydrogen (secondary N) is 1. The van der Waals surface area contributed by atoms with Crippen molar-refractivity contribution in [1.82, 2.24) is 19.7 Å². The first kappa shape index (κ1) is 14.6. The number of carbonyl (C=O) groups excluding carboxylic acids is 1. The first-order valence-corrected chi connectivity index (χ1v) is 7.34. The molecule has 108 valence electrons. The van der Waals surface area contributed by atoms with E-state index >= 15 is 0 Å². The smallest absolute Gasteiger partial charge is 0.228 e.